The van der Waals surface area contributed by atoms with Gasteiger partial charge in [0.25, 0.3) is 5.69 Å². The fourth-order valence-electron chi connectivity index (χ4n) is 3.20. The molecule has 7 nitrogen and oxygen atoms in total. The van der Waals surface area contributed by atoms with Crippen LogP contribution >= 0.6 is 11.6 Å². The van der Waals surface area contributed by atoms with Crippen molar-refractivity contribution in [3.05, 3.63) is 45.1 Å². The largest absolute Gasteiger partial charge is 0.354 e. The maximum absolute atomic E-state index is 11.1. The van der Waals surface area contributed by atoms with E-state index in [-0.39, 0.29) is 10.7 Å². The third-order valence-electron chi connectivity index (χ3n) is 4.52. The van der Waals surface area contributed by atoms with Crippen LogP contribution in [-0.4, -0.2) is 27.5 Å². The summed E-state index contributed by atoms with van der Waals surface area (Å²) in [7, 11) is 0. The Kier molecular flexibility index (Phi) is 5.56. The third kappa shape index (κ3) is 4.04. The average Bonchev–Trinajstić information content (AvgIpc) is 3.02. The van der Waals surface area contributed by atoms with E-state index in [1.165, 1.54) is 12.1 Å². The van der Waals surface area contributed by atoms with E-state index in [2.05, 4.69) is 34.0 Å². The van der Waals surface area contributed by atoms with Gasteiger partial charge in [-0.3, -0.25) is 10.1 Å². The lowest BCUT2D eigenvalue weighted by Gasteiger charge is -2.23. The molecule has 8 heteroatoms. The second-order valence-electron chi connectivity index (χ2n) is 6.52. The van der Waals surface area contributed by atoms with E-state index >= 15 is 0 Å². The predicted molar refractivity (Wildman–Crippen MR) is 103 cm³/mol. The predicted octanol–water partition coefficient (Wildman–Crippen LogP) is 4.72. The summed E-state index contributed by atoms with van der Waals surface area (Å²) in [6.45, 7) is 5.29. The molecule has 1 aliphatic heterocycles. The highest BCUT2D eigenvalue weighted by Crippen LogP contribution is 2.30. The molecule has 0 aliphatic carbocycles. The van der Waals surface area contributed by atoms with Gasteiger partial charge in [0, 0.05) is 36.1 Å². The smallest absolute Gasteiger partial charge is 0.289 e. The third-order valence-corrected chi connectivity index (χ3v) is 4.84. The van der Waals surface area contributed by atoms with Gasteiger partial charge in [0.1, 0.15) is 10.8 Å². The van der Waals surface area contributed by atoms with Crippen LogP contribution in [0, 0.1) is 10.1 Å². The Hall–Kier alpha value is -2.41. The van der Waals surface area contributed by atoms with Gasteiger partial charge in [-0.1, -0.05) is 24.9 Å². The molecule has 0 saturated carbocycles. The van der Waals surface area contributed by atoms with Gasteiger partial charge < -0.3 is 10.2 Å². The van der Waals surface area contributed by atoms with E-state index in [0.717, 1.165) is 43.7 Å². The number of nitro benzene ring substituents is 1. The highest BCUT2D eigenvalue weighted by Gasteiger charge is 2.23. The molecule has 26 heavy (non-hydrogen) atoms. The summed E-state index contributed by atoms with van der Waals surface area (Å²) in [6.07, 6.45) is 4.14. The molecule has 0 unspecified atom stereocenters. The van der Waals surface area contributed by atoms with Crippen LogP contribution in [0.15, 0.2) is 24.3 Å². The summed E-state index contributed by atoms with van der Waals surface area (Å²) in [5.41, 5.74) is 1.35. The topological polar surface area (TPSA) is 84.2 Å². The van der Waals surface area contributed by atoms with E-state index < -0.39 is 4.92 Å². The highest BCUT2D eigenvalue weighted by atomic mass is 35.5. The molecule has 1 fully saturated rings. The molecule has 0 amide bonds. The first-order valence-corrected chi connectivity index (χ1v) is 9.21. The van der Waals surface area contributed by atoms with Crippen LogP contribution in [0.5, 0.6) is 0 Å². The van der Waals surface area contributed by atoms with Gasteiger partial charge in [0.05, 0.1) is 4.92 Å². The van der Waals surface area contributed by atoms with Gasteiger partial charge in [-0.05, 0) is 38.3 Å². The van der Waals surface area contributed by atoms with Crippen molar-refractivity contribution in [3.63, 3.8) is 0 Å². The van der Waals surface area contributed by atoms with E-state index in [1.54, 1.807) is 6.07 Å². The number of aryl methyl sites for hydroxylation is 1. The average molecular weight is 376 g/mol. The number of hydrogen-bond acceptors (Lipinski definition) is 6. The van der Waals surface area contributed by atoms with E-state index in [4.69, 9.17) is 11.6 Å². The lowest BCUT2D eigenvalue weighted by molar-refractivity contribution is -0.384. The zero-order valence-electron chi connectivity index (χ0n) is 14.9. The number of anilines is 3. The molecule has 1 aliphatic rings. The molecule has 1 atom stereocenters. The summed E-state index contributed by atoms with van der Waals surface area (Å²) in [6, 6.07) is 7.07. The molecule has 0 bridgehead atoms. The van der Waals surface area contributed by atoms with Crippen LogP contribution in [0.4, 0.5) is 23.1 Å². The fourth-order valence-corrected chi connectivity index (χ4v) is 3.39. The minimum absolute atomic E-state index is 0.104. The van der Waals surface area contributed by atoms with Crippen molar-refractivity contribution >= 4 is 34.7 Å². The van der Waals surface area contributed by atoms with Crippen LogP contribution < -0.4 is 10.2 Å². The number of aromatic nitrogens is 2. The Morgan fingerprint density at radius 2 is 2.19 bits per heavy atom. The number of nitro groups is 1. The molecule has 2 aromatic rings. The van der Waals surface area contributed by atoms with Crippen LogP contribution in [-0.2, 0) is 6.42 Å². The van der Waals surface area contributed by atoms with Crippen molar-refractivity contribution in [2.75, 3.05) is 16.8 Å². The van der Waals surface area contributed by atoms with Crippen molar-refractivity contribution in [1.29, 1.82) is 0 Å². The van der Waals surface area contributed by atoms with Crippen molar-refractivity contribution in [1.82, 2.24) is 9.97 Å². The molecule has 2 heterocycles. The van der Waals surface area contributed by atoms with Gasteiger partial charge >= 0.3 is 0 Å². The zero-order chi connectivity index (χ0) is 18.7. The monoisotopic (exact) mass is 375 g/mol. The molecule has 0 spiro atoms. The zero-order valence-corrected chi connectivity index (χ0v) is 15.7. The molecule has 1 N–H and O–H groups in total. The summed E-state index contributed by atoms with van der Waals surface area (Å²) in [4.78, 5) is 22.1. The summed E-state index contributed by atoms with van der Waals surface area (Å²) >= 11 is 5.88. The quantitative estimate of drug-likeness (QED) is 0.580. The summed E-state index contributed by atoms with van der Waals surface area (Å²) in [5.74, 6) is 1.35. The Balaban J connectivity index is 1.92. The standard InChI is InChI=1S/C18H22ClN5O2/c1-3-5-13-11-17(23-9-4-6-12(23)2)22-18(20-13)21-14-7-8-15(19)16(10-14)24(25)26/h7-8,10-12H,3-6,9H2,1-2H3,(H,20,21,22)/t12-/m0/s1. The van der Waals surface area contributed by atoms with Crippen LogP contribution in [0.3, 0.4) is 0 Å². The van der Waals surface area contributed by atoms with Crippen molar-refractivity contribution in [2.45, 2.75) is 45.6 Å². The van der Waals surface area contributed by atoms with Gasteiger partial charge in [0.2, 0.25) is 5.95 Å². The van der Waals surface area contributed by atoms with Crippen molar-refractivity contribution in [3.8, 4) is 0 Å². The molecule has 138 valence electrons. The minimum Gasteiger partial charge on any atom is -0.354 e. The molecular weight excluding hydrogens is 354 g/mol. The van der Waals surface area contributed by atoms with Crippen molar-refractivity contribution < 1.29 is 4.92 Å². The highest BCUT2D eigenvalue weighted by molar-refractivity contribution is 6.32. The maximum Gasteiger partial charge on any atom is 0.289 e. The van der Waals surface area contributed by atoms with Gasteiger partial charge in [-0.2, -0.15) is 4.98 Å². The first kappa shape index (κ1) is 18.4. The van der Waals surface area contributed by atoms with E-state index in [0.29, 0.717) is 17.7 Å². The molecule has 3 rings (SSSR count). The number of benzene rings is 1. The van der Waals surface area contributed by atoms with E-state index in [9.17, 15) is 10.1 Å². The second-order valence-corrected chi connectivity index (χ2v) is 6.93. The molecule has 1 aromatic carbocycles. The normalized spacial score (nSPS) is 16.7. The second kappa shape index (κ2) is 7.86. The SMILES string of the molecule is CCCc1cc(N2CCC[C@@H]2C)nc(Nc2ccc(Cl)c([N+](=O)[O-])c2)n1. The molecule has 0 radical (unpaired) electrons. The summed E-state index contributed by atoms with van der Waals surface area (Å²) < 4.78 is 0. The first-order chi connectivity index (χ1) is 12.5. The number of rotatable bonds is 6. The summed E-state index contributed by atoms with van der Waals surface area (Å²) in [5, 5.41) is 14.3. The Morgan fingerprint density at radius 3 is 2.85 bits per heavy atom. The lowest BCUT2D eigenvalue weighted by atomic mass is 10.2. The first-order valence-electron chi connectivity index (χ1n) is 8.83. The van der Waals surface area contributed by atoms with Crippen molar-refractivity contribution in [2.24, 2.45) is 0 Å². The molecule has 1 aromatic heterocycles. The minimum atomic E-state index is -0.501. The maximum atomic E-state index is 11.1. The Bertz CT molecular complexity index is 814. The Labute approximate surface area is 157 Å². The number of nitrogens with zero attached hydrogens (tertiary/aromatic N) is 4. The fraction of sp³-hybridized carbons (Fsp3) is 0.444. The number of hydrogen-bond donors (Lipinski definition) is 1. The molecule has 1 saturated heterocycles. The van der Waals surface area contributed by atoms with Gasteiger partial charge in [0.15, 0.2) is 0 Å². The lowest BCUT2D eigenvalue weighted by Crippen LogP contribution is -2.27. The van der Waals surface area contributed by atoms with E-state index in [1.807, 2.05) is 6.07 Å². The van der Waals surface area contributed by atoms with Crippen LogP contribution in [0.25, 0.3) is 0 Å². The Morgan fingerprint density at radius 1 is 1.38 bits per heavy atom. The van der Waals surface area contributed by atoms with Gasteiger partial charge in [-0.15, -0.1) is 0 Å². The van der Waals surface area contributed by atoms with Crippen LogP contribution in [0.2, 0.25) is 5.02 Å². The van der Waals surface area contributed by atoms with Gasteiger partial charge in [-0.25, -0.2) is 4.98 Å². The molecular formula is C18H22ClN5O2. The van der Waals surface area contributed by atoms with Crippen LogP contribution in [0.1, 0.15) is 38.8 Å². The number of nitrogens with one attached hydrogen (secondary N) is 1. The number of halogens is 1.